The predicted molar refractivity (Wildman–Crippen MR) is 62.0 cm³/mol. The minimum atomic E-state index is -3.25. The molecule has 0 radical (unpaired) electrons. The predicted octanol–water partition coefficient (Wildman–Crippen LogP) is 0.843. The standard InChI is InChI=1S/C9H13NO4S2/c1-7(5-10-16(2,12)13)14-9(11)8-3-4-15-6-8/h3-4,6-7,10H,5H2,1-2H3/t7-/m1/s1. The maximum atomic E-state index is 11.4. The first-order valence-electron chi connectivity index (χ1n) is 4.56. The second kappa shape index (κ2) is 5.42. The van der Waals surface area contributed by atoms with E-state index >= 15 is 0 Å². The molecule has 1 rings (SSSR count). The van der Waals surface area contributed by atoms with Gasteiger partial charge in [-0.3, -0.25) is 0 Å². The molecular formula is C9H13NO4S2. The van der Waals surface area contributed by atoms with Crippen molar-refractivity contribution in [1.82, 2.24) is 4.72 Å². The summed E-state index contributed by atoms with van der Waals surface area (Å²) in [6, 6.07) is 1.66. The molecule has 0 aliphatic rings. The van der Waals surface area contributed by atoms with Gasteiger partial charge < -0.3 is 4.74 Å². The Bertz CT molecular complexity index is 438. The number of carbonyl (C=O) groups is 1. The first kappa shape index (κ1) is 13.1. The number of thiophene rings is 1. The Labute approximate surface area is 98.5 Å². The average Bonchev–Trinajstić information content (AvgIpc) is 2.66. The molecule has 0 fully saturated rings. The lowest BCUT2D eigenvalue weighted by molar-refractivity contribution is 0.0352. The normalized spacial score (nSPS) is 13.4. The fourth-order valence-electron chi connectivity index (χ4n) is 0.942. The van der Waals surface area contributed by atoms with Gasteiger partial charge in [-0.1, -0.05) is 0 Å². The van der Waals surface area contributed by atoms with Gasteiger partial charge >= 0.3 is 5.97 Å². The second-order valence-corrected chi connectivity index (χ2v) is 5.96. The van der Waals surface area contributed by atoms with E-state index in [0.717, 1.165) is 6.26 Å². The van der Waals surface area contributed by atoms with E-state index < -0.39 is 22.1 Å². The third kappa shape index (κ3) is 4.73. The van der Waals surface area contributed by atoms with Gasteiger partial charge in [0.05, 0.1) is 11.8 Å². The van der Waals surface area contributed by atoms with Gasteiger partial charge in [0.25, 0.3) is 0 Å². The Morgan fingerprint density at radius 3 is 2.81 bits per heavy atom. The smallest absolute Gasteiger partial charge is 0.339 e. The molecule has 90 valence electrons. The SMILES string of the molecule is C[C@H](CNS(C)(=O)=O)OC(=O)c1ccsc1. The van der Waals surface area contributed by atoms with Crippen LogP contribution in [0.1, 0.15) is 17.3 Å². The zero-order chi connectivity index (χ0) is 12.2. The number of ether oxygens (including phenoxy) is 1. The van der Waals surface area contributed by atoms with Crippen molar-refractivity contribution in [1.29, 1.82) is 0 Å². The zero-order valence-electron chi connectivity index (χ0n) is 8.97. The van der Waals surface area contributed by atoms with Gasteiger partial charge in [0, 0.05) is 11.9 Å². The van der Waals surface area contributed by atoms with Crippen LogP contribution in [0.15, 0.2) is 16.8 Å². The van der Waals surface area contributed by atoms with Crippen LogP contribution in [0.25, 0.3) is 0 Å². The van der Waals surface area contributed by atoms with Crippen LogP contribution < -0.4 is 4.72 Å². The van der Waals surface area contributed by atoms with Gasteiger partial charge in [0.15, 0.2) is 0 Å². The molecule has 7 heteroatoms. The van der Waals surface area contributed by atoms with Crippen molar-refractivity contribution < 1.29 is 17.9 Å². The van der Waals surface area contributed by atoms with E-state index in [-0.39, 0.29) is 6.54 Å². The summed E-state index contributed by atoms with van der Waals surface area (Å²) in [5.41, 5.74) is 0.483. The molecule has 0 bridgehead atoms. The fraction of sp³-hybridized carbons (Fsp3) is 0.444. The quantitative estimate of drug-likeness (QED) is 0.799. The van der Waals surface area contributed by atoms with Crippen molar-refractivity contribution in [3.8, 4) is 0 Å². The first-order valence-corrected chi connectivity index (χ1v) is 7.40. The number of hydrogen-bond donors (Lipinski definition) is 1. The van der Waals surface area contributed by atoms with Crippen molar-refractivity contribution in [3.05, 3.63) is 22.4 Å². The van der Waals surface area contributed by atoms with Crippen molar-refractivity contribution in [2.75, 3.05) is 12.8 Å². The van der Waals surface area contributed by atoms with Crippen LogP contribution in [0, 0.1) is 0 Å². The highest BCUT2D eigenvalue weighted by Gasteiger charge is 2.13. The Morgan fingerprint density at radius 1 is 1.62 bits per heavy atom. The summed E-state index contributed by atoms with van der Waals surface area (Å²) in [5.74, 6) is -0.441. The van der Waals surface area contributed by atoms with Crippen molar-refractivity contribution in [2.45, 2.75) is 13.0 Å². The molecule has 0 amide bonds. The second-order valence-electron chi connectivity index (χ2n) is 3.35. The number of nitrogens with one attached hydrogen (secondary N) is 1. The minimum Gasteiger partial charge on any atom is -0.458 e. The molecule has 0 saturated heterocycles. The van der Waals surface area contributed by atoms with Crippen LogP contribution in [0.5, 0.6) is 0 Å². The van der Waals surface area contributed by atoms with E-state index in [9.17, 15) is 13.2 Å². The molecule has 1 aromatic rings. The lowest BCUT2D eigenvalue weighted by atomic mass is 10.3. The number of hydrogen-bond acceptors (Lipinski definition) is 5. The number of sulfonamides is 1. The van der Waals surface area contributed by atoms with Crippen molar-refractivity contribution in [2.24, 2.45) is 0 Å². The Hall–Kier alpha value is -0.920. The van der Waals surface area contributed by atoms with Gasteiger partial charge in [-0.2, -0.15) is 11.3 Å². The van der Waals surface area contributed by atoms with Crippen molar-refractivity contribution in [3.63, 3.8) is 0 Å². The van der Waals surface area contributed by atoms with E-state index in [4.69, 9.17) is 4.74 Å². The summed E-state index contributed by atoms with van der Waals surface area (Å²) in [7, 11) is -3.25. The molecule has 0 aromatic carbocycles. The summed E-state index contributed by atoms with van der Waals surface area (Å²) in [5, 5.41) is 3.45. The number of carbonyl (C=O) groups excluding carboxylic acids is 1. The van der Waals surface area contributed by atoms with Crippen LogP contribution >= 0.6 is 11.3 Å². The van der Waals surface area contributed by atoms with Crippen LogP contribution in [0.2, 0.25) is 0 Å². The summed E-state index contributed by atoms with van der Waals surface area (Å²) < 4.78 is 28.9. The molecule has 1 N–H and O–H groups in total. The maximum absolute atomic E-state index is 11.4. The third-order valence-electron chi connectivity index (χ3n) is 1.70. The maximum Gasteiger partial charge on any atom is 0.339 e. The molecule has 1 atom stereocenters. The topological polar surface area (TPSA) is 72.5 Å². The van der Waals surface area contributed by atoms with Gasteiger partial charge in [-0.25, -0.2) is 17.9 Å². The Balaban J connectivity index is 2.40. The highest BCUT2D eigenvalue weighted by Crippen LogP contribution is 2.08. The highest BCUT2D eigenvalue weighted by molar-refractivity contribution is 7.88. The number of esters is 1. The van der Waals surface area contributed by atoms with Gasteiger partial charge in [0.2, 0.25) is 10.0 Å². The first-order chi connectivity index (χ1) is 7.38. The molecule has 1 heterocycles. The summed E-state index contributed by atoms with van der Waals surface area (Å²) in [6.07, 6.45) is 0.558. The van der Waals surface area contributed by atoms with Gasteiger partial charge in [-0.15, -0.1) is 0 Å². The van der Waals surface area contributed by atoms with E-state index in [2.05, 4.69) is 4.72 Å². The number of rotatable bonds is 5. The van der Waals surface area contributed by atoms with Crippen molar-refractivity contribution >= 4 is 27.3 Å². The third-order valence-corrected chi connectivity index (χ3v) is 3.07. The Kier molecular flexibility index (Phi) is 4.45. The monoisotopic (exact) mass is 263 g/mol. The van der Waals surface area contributed by atoms with Crippen LogP contribution in [0.3, 0.4) is 0 Å². The summed E-state index contributed by atoms with van der Waals surface area (Å²) in [4.78, 5) is 11.4. The van der Waals surface area contributed by atoms with Gasteiger partial charge in [0.1, 0.15) is 6.10 Å². The molecule has 0 saturated carbocycles. The average molecular weight is 263 g/mol. The lowest BCUT2D eigenvalue weighted by Gasteiger charge is -2.12. The molecule has 0 aliphatic carbocycles. The van der Waals surface area contributed by atoms with E-state index in [1.54, 1.807) is 23.8 Å². The van der Waals surface area contributed by atoms with E-state index in [1.165, 1.54) is 11.3 Å². The fourth-order valence-corrected chi connectivity index (χ4v) is 2.10. The largest absolute Gasteiger partial charge is 0.458 e. The Morgan fingerprint density at radius 2 is 2.31 bits per heavy atom. The highest BCUT2D eigenvalue weighted by atomic mass is 32.2. The van der Waals surface area contributed by atoms with E-state index in [0.29, 0.717) is 5.56 Å². The van der Waals surface area contributed by atoms with Crippen LogP contribution in [-0.2, 0) is 14.8 Å². The molecule has 16 heavy (non-hydrogen) atoms. The van der Waals surface area contributed by atoms with Crippen LogP contribution in [0.4, 0.5) is 0 Å². The van der Waals surface area contributed by atoms with Gasteiger partial charge in [-0.05, 0) is 18.4 Å². The molecule has 1 aromatic heterocycles. The molecule has 0 unspecified atom stereocenters. The zero-order valence-corrected chi connectivity index (χ0v) is 10.6. The molecular weight excluding hydrogens is 250 g/mol. The molecule has 0 spiro atoms. The summed E-state index contributed by atoms with van der Waals surface area (Å²) in [6.45, 7) is 1.71. The van der Waals surface area contributed by atoms with E-state index in [1.807, 2.05) is 0 Å². The summed E-state index contributed by atoms with van der Waals surface area (Å²) >= 11 is 1.40. The minimum absolute atomic E-state index is 0.0781. The molecule has 0 aliphatic heterocycles. The molecule has 5 nitrogen and oxygen atoms in total. The lowest BCUT2D eigenvalue weighted by Crippen LogP contribution is -2.32. The van der Waals surface area contributed by atoms with Crippen LogP contribution in [-0.4, -0.2) is 33.3 Å².